The van der Waals surface area contributed by atoms with Crippen LogP contribution in [0.2, 0.25) is 0 Å². The highest BCUT2D eigenvalue weighted by Crippen LogP contribution is 2.37. The number of aromatic nitrogens is 3. The van der Waals surface area contributed by atoms with Crippen molar-refractivity contribution in [1.29, 1.82) is 0 Å². The minimum Gasteiger partial charge on any atom is -0.456 e. The Morgan fingerprint density at radius 3 is 2.24 bits per heavy atom. The molecule has 0 aliphatic rings. The van der Waals surface area contributed by atoms with Gasteiger partial charge >= 0.3 is 0 Å². The number of para-hydroxylation sites is 1. The molecule has 4 nitrogen and oxygen atoms in total. The summed E-state index contributed by atoms with van der Waals surface area (Å²) >= 11 is 0. The molecule has 0 aliphatic heterocycles. The third kappa shape index (κ3) is 4.03. The van der Waals surface area contributed by atoms with E-state index in [0.29, 0.717) is 0 Å². The van der Waals surface area contributed by atoms with Crippen molar-refractivity contribution in [3.8, 4) is 28.2 Å². The van der Waals surface area contributed by atoms with Gasteiger partial charge in [-0.15, -0.1) is 10.2 Å². The Hall–Kier alpha value is -4.18. The minimum absolute atomic E-state index is 0.131. The molecule has 0 N–H and O–H groups in total. The van der Waals surface area contributed by atoms with Crippen LogP contribution in [0.3, 0.4) is 0 Å². The van der Waals surface area contributed by atoms with Gasteiger partial charge in [-0.2, -0.15) is 0 Å². The largest absolute Gasteiger partial charge is 0.456 e. The van der Waals surface area contributed by atoms with Crippen molar-refractivity contribution < 1.29 is 4.42 Å². The van der Waals surface area contributed by atoms with Gasteiger partial charge in [0, 0.05) is 21.8 Å². The normalized spacial score (nSPS) is 12.0. The first-order valence-electron chi connectivity index (χ1n) is 13.0. The number of hydrogen-bond acceptors (Lipinski definition) is 3. The lowest BCUT2D eigenvalue weighted by Gasteiger charge is -2.25. The fraction of sp³-hybridized carbons (Fsp3) is 0.212. The monoisotopic (exact) mass is 485 g/mol. The fourth-order valence-electron chi connectivity index (χ4n) is 5.46. The van der Waals surface area contributed by atoms with Crippen LogP contribution < -0.4 is 0 Å². The zero-order valence-corrected chi connectivity index (χ0v) is 21.8. The van der Waals surface area contributed by atoms with E-state index < -0.39 is 0 Å². The van der Waals surface area contributed by atoms with E-state index in [0.717, 1.165) is 57.7 Å². The van der Waals surface area contributed by atoms with E-state index in [1.807, 2.05) is 18.2 Å². The Labute approximate surface area is 217 Å². The van der Waals surface area contributed by atoms with Crippen LogP contribution in [0.4, 0.5) is 0 Å². The van der Waals surface area contributed by atoms with Crippen molar-refractivity contribution in [2.45, 2.75) is 46.0 Å². The number of fused-ring (bicyclic) bond motifs is 3. The van der Waals surface area contributed by atoms with Crippen LogP contribution in [-0.2, 0) is 5.41 Å². The second-order valence-electron chi connectivity index (χ2n) is 10.5. The minimum atomic E-state index is -0.131. The van der Waals surface area contributed by atoms with Crippen molar-refractivity contribution in [1.82, 2.24) is 14.8 Å². The first-order chi connectivity index (χ1) is 18.0. The molecule has 0 aliphatic carbocycles. The van der Waals surface area contributed by atoms with Crippen LogP contribution in [0, 0.1) is 6.92 Å². The third-order valence-electron chi connectivity index (χ3n) is 7.33. The maximum Gasteiger partial charge on any atom is 0.168 e. The molecule has 0 unspecified atom stereocenters. The quantitative estimate of drug-likeness (QED) is 0.237. The molecular formula is C33H31N3O. The van der Waals surface area contributed by atoms with Gasteiger partial charge in [0.05, 0.1) is 5.69 Å². The van der Waals surface area contributed by atoms with Gasteiger partial charge in [-0.3, -0.25) is 4.57 Å². The molecule has 2 heterocycles. The molecule has 0 radical (unpaired) electrons. The SMILES string of the molecule is CCCC(C)(C)c1nnc(-c2ccc3c(c2)oc2ccccc23)n1-c1ccc(-c2ccccc2)cc1C. The summed E-state index contributed by atoms with van der Waals surface area (Å²) in [6, 6.07) is 31.7. The predicted octanol–water partition coefficient (Wildman–Crippen LogP) is 8.89. The molecule has 0 spiro atoms. The van der Waals surface area contributed by atoms with Crippen LogP contribution in [0.5, 0.6) is 0 Å². The molecule has 0 fully saturated rings. The highest BCUT2D eigenvalue weighted by molar-refractivity contribution is 6.05. The number of aryl methyl sites for hydroxylation is 1. The molecule has 0 saturated carbocycles. The van der Waals surface area contributed by atoms with Gasteiger partial charge in [0.15, 0.2) is 5.82 Å². The van der Waals surface area contributed by atoms with E-state index in [4.69, 9.17) is 14.6 Å². The summed E-state index contributed by atoms with van der Waals surface area (Å²) in [5, 5.41) is 11.8. The molecule has 4 aromatic carbocycles. The molecule has 6 aromatic rings. The van der Waals surface area contributed by atoms with Crippen LogP contribution in [0.1, 0.15) is 45.0 Å². The Balaban J connectivity index is 1.54. The number of nitrogens with zero attached hydrogens (tertiary/aromatic N) is 3. The molecule has 37 heavy (non-hydrogen) atoms. The van der Waals surface area contributed by atoms with E-state index in [1.54, 1.807) is 0 Å². The second kappa shape index (κ2) is 9.04. The van der Waals surface area contributed by atoms with E-state index >= 15 is 0 Å². The Kier molecular flexibility index (Phi) is 5.68. The Morgan fingerprint density at radius 1 is 0.730 bits per heavy atom. The van der Waals surface area contributed by atoms with Crippen molar-refractivity contribution >= 4 is 21.9 Å². The van der Waals surface area contributed by atoms with Gasteiger partial charge in [0.25, 0.3) is 0 Å². The van der Waals surface area contributed by atoms with Crippen molar-refractivity contribution in [3.05, 3.63) is 102 Å². The Morgan fingerprint density at radius 2 is 1.46 bits per heavy atom. The van der Waals surface area contributed by atoms with E-state index in [2.05, 4.69) is 105 Å². The van der Waals surface area contributed by atoms with Gasteiger partial charge < -0.3 is 4.42 Å². The topological polar surface area (TPSA) is 43.9 Å². The molecule has 2 aromatic heterocycles. The molecule has 0 saturated heterocycles. The van der Waals surface area contributed by atoms with Gasteiger partial charge in [-0.25, -0.2) is 0 Å². The zero-order chi connectivity index (χ0) is 25.6. The second-order valence-corrected chi connectivity index (χ2v) is 10.5. The molecule has 4 heteroatoms. The lowest BCUT2D eigenvalue weighted by atomic mass is 9.87. The highest BCUT2D eigenvalue weighted by Gasteiger charge is 2.30. The summed E-state index contributed by atoms with van der Waals surface area (Å²) in [4.78, 5) is 0. The number of hydrogen-bond donors (Lipinski definition) is 0. The van der Waals surface area contributed by atoms with Crippen LogP contribution in [0.25, 0.3) is 50.1 Å². The average Bonchev–Trinajstić information content (AvgIpc) is 3.51. The maximum atomic E-state index is 6.20. The van der Waals surface area contributed by atoms with Gasteiger partial charge in [0.2, 0.25) is 0 Å². The maximum absolute atomic E-state index is 6.20. The third-order valence-corrected chi connectivity index (χ3v) is 7.33. The van der Waals surface area contributed by atoms with Crippen molar-refractivity contribution in [3.63, 3.8) is 0 Å². The van der Waals surface area contributed by atoms with Crippen molar-refractivity contribution in [2.24, 2.45) is 0 Å². The lowest BCUT2D eigenvalue weighted by molar-refractivity contribution is 0.437. The summed E-state index contributed by atoms with van der Waals surface area (Å²) in [7, 11) is 0. The summed E-state index contributed by atoms with van der Waals surface area (Å²) in [6.45, 7) is 8.91. The van der Waals surface area contributed by atoms with E-state index in [1.165, 1.54) is 16.7 Å². The van der Waals surface area contributed by atoms with E-state index in [9.17, 15) is 0 Å². The van der Waals surface area contributed by atoms with Gasteiger partial charge in [0.1, 0.15) is 17.0 Å². The van der Waals surface area contributed by atoms with Crippen molar-refractivity contribution in [2.75, 3.05) is 0 Å². The number of rotatable bonds is 6. The summed E-state index contributed by atoms with van der Waals surface area (Å²) in [5.41, 5.74) is 7.31. The van der Waals surface area contributed by atoms with E-state index in [-0.39, 0.29) is 5.41 Å². The van der Waals surface area contributed by atoms with Gasteiger partial charge in [-0.05, 0) is 60.4 Å². The zero-order valence-electron chi connectivity index (χ0n) is 21.8. The smallest absolute Gasteiger partial charge is 0.168 e. The predicted molar refractivity (Wildman–Crippen MR) is 152 cm³/mol. The van der Waals surface area contributed by atoms with Crippen LogP contribution in [0.15, 0.2) is 95.4 Å². The standard InChI is InChI=1S/C33H31N3O/c1-5-19-33(3,4)32-35-34-31(25-15-17-27-26-13-9-10-14-29(26)37-30(27)21-25)36(32)28-18-16-24(20-22(28)2)23-11-7-6-8-12-23/h6-18,20-21H,5,19H2,1-4H3. The van der Waals surface area contributed by atoms with Crippen LogP contribution in [-0.4, -0.2) is 14.8 Å². The molecular weight excluding hydrogens is 454 g/mol. The summed E-state index contributed by atoms with van der Waals surface area (Å²) < 4.78 is 8.46. The molecule has 0 bridgehead atoms. The molecule has 0 atom stereocenters. The number of benzene rings is 4. The Bertz CT molecular complexity index is 1720. The average molecular weight is 486 g/mol. The first kappa shape index (κ1) is 23.2. The summed E-state index contributed by atoms with van der Waals surface area (Å²) in [6.07, 6.45) is 2.10. The van der Waals surface area contributed by atoms with Gasteiger partial charge in [-0.1, -0.05) is 87.9 Å². The fourth-order valence-corrected chi connectivity index (χ4v) is 5.46. The van der Waals surface area contributed by atoms with Crippen LogP contribution >= 0.6 is 0 Å². The molecule has 0 amide bonds. The molecule has 184 valence electrons. The number of furan rings is 1. The lowest BCUT2D eigenvalue weighted by Crippen LogP contribution is -2.23. The first-order valence-corrected chi connectivity index (χ1v) is 13.0. The molecule has 6 rings (SSSR count). The highest BCUT2D eigenvalue weighted by atomic mass is 16.3. The summed E-state index contributed by atoms with van der Waals surface area (Å²) in [5.74, 6) is 1.81.